The molecule has 2 saturated heterocycles. The fourth-order valence-electron chi connectivity index (χ4n) is 2.56. The van der Waals surface area contributed by atoms with Crippen molar-refractivity contribution in [1.82, 2.24) is 4.90 Å². The van der Waals surface area contributed by atoms with Crippen molar-refractivity contribution in [3.8, 4) is 0 Å². The molecule has 0 aromatic rings. The van der Waals surface area contributed by atoms with Gasteiger partial charge in [0, 0.05) is 19.7 Å². The summed E-state index contributed by atoms with van der Waals surface area (Å²) in [5.41, 5.74) is 5.55. The minimum Gasteiger partial charge on any atom is -0.409 e. The fourth-order valence-corrected chi connectivity index (χ4v) is 2.56. The summed E-state index contributed by atoms with van der Waals surface area (Å²) in [5, 5.41) is 11.5. The van der Waals surface area contributed by atoms with E-state index in [1.54, 1.807) is 0 Å². The van der Waals surface area contributed by atoms with Gasteiger partial charge in [-0.3, -0.25) is 4.90 Å². The standard InChI is InChI=1S/C10H19N3O2/c11-9(12-14)7-13-5-4-10(8-13)3-1-2-6-15-10/h14H,1-8H2,(H2,11,12)/t10-/m1/s1. The highest BCUT2D eigenvalue weighted by atomic mass is 16.5. The lowest BCUT2D eigenvalue weighted by Gasteiger charge is -2.33. The number of hydrogen-bond acceptors (Lipinski definition) is 4. The Kier molecular flexibility index (Phi) is 3.11. The van der Waals surface area contributed by atoms with E-state index in [1.165, 1.54) is 12.8 Å². The lowest BCUT2D eigenvalue weighted by Crippen LogP contribution is -2.41. The summed E-state index contributed by atoms with van der Waals surface area (Å²) in [4.78, 5) is 2.19. The number of hydrogen-bond donors (Lipinski definition) is 2. The van der Waals surface area contributed by atoms with Crippen molar-refractivity contribution in [3.05, 3.63) is 0 Å². The lowest BCUT2D eigenvalue weighted by atomic mass is 9.93. The van der Waals surface area contributed by atoms with E-state index in [0.717, 1.165) is 32.5 Å². The van der Waals surface area contributed by atoms with Gasteiger partial charge < -0.3 is 15.7 Å². The second-order valence-corrected chi connectivity index (χ2v) is 4.54. The van der Waals surface area contributed by atoms with Gasteiger partial charge in [0.1, 0.15) is 0 Å². The second kappa shape index (κ2) is 4.37. The van der Waals surface area contributed by atoms with Crippen LogP contribution in [0.5, 0.6) is 0 Å². The SMILES string of the molecule is NC(CN1CC[C@]2(CCCCO2)C1)=NO. The number of nitrogens with two attached hydrogens (primary N) is 1. The van der Waals surface area contributed by atoms with Gasteiger partial charge in [-0.05, 0) is 25.7 Å². The van der Waals surface area contributed by atoms with Crippen LogP contribution in [-0.2, 0) is 4.74 Å². The molecule has 1 atom stereocenters. The summed E-state index contributed by atoms with van der Waals surface area (Å²) in [6, 6.07) is 0. The molecule has 2 fully saturated rings. The molecule has 2 aliphatic rings. The molecule has 2 aliphatic heterocycles. The van der Waals surface area contributed by atoms with E-state index in [2.05, 4.69) is 10.1 Å². The van der Waals surface area contributed by atoms with Crippen molar-refractivity contribution in [1.29, 1.82) is 0 Å². The number of likely N-dealkylation sites (tertiary alicyclic amines) is 1. The van der Waals surface area contributed by atoms with Crippen LogP contribution in [0.1, 0.15) is 25.7 Å². The minimum atomic E-state index is 0.0635. The molecule has 0 aromatic carbocycles. The van der Waals surface area contributed by atoms with Gasteiger partial charge in [-0.15, -0.1) is 0 Å². The smallest absolute Gasteiger partial charge is 0.153 e. The fraction of sp³-hybridized carbons (Fsp3) is 0.900. The Morgan fingerprint density at radius 1 is 1.47 bits per heavy atom. The van der Waals surface area contributed by atoms with Gasteiger partial charge in [-0.1, -0.05) is 5.16 Å². The third-order valence-corrected chi connectivity index (χ3v) is 3.34. The predicted octanol–water partition coefficient (Wildman–Crippen LogP) is 0.378. The zero-order valence-electron chi connectivity index (χ0n) is 8.98. The lowest BCUT2D eigenvalue weighted by molar-refractivity contribution is -0.0689. The van der Waals surface area contributed by atoms with Crippen molar-refractivity contribution in [2.45, 2.75) is 31.3 Å². The molecule has 0 bridgehead atoms. The summed E-state index contributed by atoms with van der Waals surface area (Å²) in [5.74, 6) is 0.280. The normalized spacial score (nSPS) is 33.7. The van der Waals surface area contributed by atoms with E-state index in [4.69, 9.17) is 15.7 Å². The predicted molar refractivity (Wildman–Crippen MR) is 57.0 cm³/mol. The average molecular weight is 213 g/mol. The Labute approximate surface area is 89.9 Å². The van der Waals surface area contributed by atoms with Gasteiger partial charge in [-0.25, -0.2) is 0 Å². The van der Waals surface area contributed by atoms with Crippen LogP contribution in [-0.4, -0.2) is 47.8 Å². The molecule has 15 heavy (non-hydrogen) atoms. The van der Waals surface area contributed by atoms with E-state index in [0.29, 0.717) is 6.54 Å². The van der Waals surface area contributed by atoms with Crippen LogP contribution in [0, 0.1) is 0 Å². The summed E-state index contributed by atoms with van der Waals surface area (Å²) in [7, 11) is 0. The Morgan fingerprint density at radius 2 is 2.33 bits per heavy atom. The van der Waals surface area contributed by atoms with Gasteiger partial charge in [0.2, 0.25) is 0 Å². The molecular weight excluding hydrogens is 194 g/mol. The first-order chi connectivity index (χ1) is 7.24. The maximum atomic E-state index is 8.50. The quantitative estimate of drug-likeness (QED) is 0.301. The van der Waals surface area contributed by atoms with Crippen molar-refractivity contribution < 1.29 is 9.94 Å². The number of ether oxygens (including phenoxy) is 1. The minimum absolute atomic E-state index is 0.0635. The Balaban J connectivity index is 1.88. The highest BCUT2D eigenvalue weighted by Crippen LogP contribution is 2.33. The van der Waals surface area contributed by atoms with Crippen LogP contribution >= 0.6 is 0 Å². The molecule has 0 aromatic heterocycles. The summed E-state index contributed by atoms with van der Waals surface area (Å²) in [6.07, 6.45) is 4.67. The number of amidine groups is 1. The number of nitrogens with zero attached hydrogens (tertiary/aromatic N) is 2. The second-order valence-electron chi connectivity index (χ2n) is 4.54. The molecule has 0 saturated carbocycles. The Morgan fingerprint density at radius 3 is 3.00 bits per heavy atom. The molecule has 2 heterocycles. The monoisotopic (exact) mass is 213 g/mol. The van der Waals surface area contributed by atoms with Crippen LogP contribution in [0.25, 0.3) is 0 Å². The Bertz CT molecular complexity index is 249. The zero-order chi connectivity index (χ0) is 10.7. The first kappa shape index (κ1) is 10.7. The molecular formula is C10H19N3O2. The topological polar surface area (TPSA) is 71.1 Å². The summed E-state index contributed by atoms with van der Waals surface area (Å²) < 4.78 is 5.89. The zero-order valence-corrected chi connectivity index (χ0v) is 8.98. The molecule has 5 heteroatoms. The van der Waals surface area contributed by atoms with Gasteiger partial charge in [0.25, 0.3) is 0 Å². The average Bonchev–Trinajstić information content (AvgIpc) is 2.62. The number of rotatable bonds is 2. The first-order valence-electron chi connectivity index (χ1n) is 5.57. The van der Waals surface area contributed by atoms with E-state index in [1.807, 2.05) is 0 Å². The van der Waals surface area contributed by atoms with Crippen LogP contribution in [0.15, 0.2) is 5.16 Å². The molecule has 86 valence electrons. The van der Waals surface area contributed by atoms with Crippen LogP contribution < -0.4 is 5.73 Å². The van der Waals surface area contributed by atoms with E-state index >= 15 is 0 Å². The van der Waals surface area contributed by atoms with Crippen LogP contribution in [0.4, 0.5) is 0 Å². The third kappa shape index (κ3) is 2.41. The van der Waals surface area contributed by atoms with Gasteiger partial charge >= 0.3 is 0 Å². The molecule has 0 radical (unpaired) electrons. The maximum absolute atomic E-state index is 8.50. The molecule has 1 spiro atoms. The van der Waals surface area contributed by atoms with Gasteiger partial charge in [-0.2, -0.15) is 0 Å². The molecule has 0 unspecified atom stereocenters. The summed E-state index contributed by atoms with van der Waals surface area (Å²) in [6.45, 7) is 3.33. The molecule has 2 rings (SSSR count). The highest BCUT2D eigenvalue weighted by molar-refractivity contribution is 5.81. The van der Waals surface area contributed by atoms with Crippen molar-refractivity contribution >= 4 is 5.84 Å². The van der Waals surface area contributed by atoms with Crippen molar-refractivity contribution in [2.24, 2.45) is 10.9 Å². The number of oxime groups is 1. The van der Waals surface area contributed by atoms with Crippen LogP contribution in [0.2, 0.25) is 0 Å². The van der Waals surface area contributed by atoms with Crippen LogP contribution in [0.3, 0.4) is 0 Å². The molecule has 0 amide bonds. The molecule has 3 N–H and O–H groups in total. The van der Waals surface area contributed by atoms with E-state index in [9.17, 15) is 0 Å². The summed E-state index contributed by atoms with van der Waals surface area (Å²) >= 11 is 0. The van der Waals surface area contributed by atoms with Crippen molar-refractivity contribution in [3.63, 3.8) is 0 Å². The largest absolute Gasteiger partial charge is 0.409 e. The highest BCUT2D eigenvalue weighted by Gasteiger charge is 2.40. The Hall–Kier alpha value is -0.810. The third-order valence-electron chi connectivity index (χ3n) is 3.34. The first-order valence-corrected chi connectivity index (χ1v) is 5.57. The molecule has 0 aliphatic carbocycles. The van der Waals surface area contributed by atoms with Gasteiger partial charge in [0.15, 0.2) is 5.84 Å². The van der Waals surface area contributed by atoms with Gasteiger partial charge in [0.05, 0.1) is 12.1 Å². The molecule has 5 nitrogen and oxygen atoms in total. The van der Waals surface area contributed by atoms with Crippen molar-refractivity contribution in [2.75, 3.05) is 26.2 Å². The van der Waals surface area contributed by atoms with E-state index in [-0.39, 0.29) is 11.4 Å². The maximum Gasteiger partial charge on any atom is 0.153 e. The van der Waals surface area contributed by atoms with E-state index < -0.39 is 0 Å².